The van der Waals surface area contributed by atoms with E-state index in [-0.39, 0.29) is 23.5 Å². The van der Waals surface area contributed by atoms with Crippen LogP contribution in [-0.2, 0) is 0 Å². The SMILES string of the molecule is COc1ccc(-c2ccc(C(=O)NCC3CCCNC3)c(F)c2)c(F)c1.Cl. The molecule has 0 aromatic heterocycles. The zero-order chi connectivity index (χ0) is 18.5. The average Bonchev–Trinajstić information content (AvgIpc) is 2.66. The standard InChI is InChI=1S/C20H22F2N2O2.ClH/c1-26-15-5-7-16(19(22)10-15)14-4-6-17(18(21)9-14)20(25)24-12-13-3-2-8-23-11-13;/h4-7,9-10,13,23H,2-3,8,11-12H2,1H3,(H,24,25);1H. The fourth-order valence-electron chi connectivity index (χ4n) is 3.15. The molecule has 0 saturated carbocycles. The first-order chi connectivity index (χ1) is 12.6. The number of carbonyl (C=O) groups is 1. The van der Waals surface area contributed by atoms with Crippen molar-refractivity contribution in [2.45, 2.75) is 12.8 Å². The number of piperidine rings is 1. The molecule has 2 N–H and O–H groups in total. The van der Waals surface area contributed by atoms with Crippen molar-refractivity contribution >= 4 is 18.3 Å². The van der Waals surface area contributed by atoms with Gasteiger partial charge in [0.05, 0.1) is 12.7 Å². The van der Waals surface area contributed by atoms with Crippen molar-refractivity contribution in [3.8, 4) is 16.9 Å². The number of amides is 1. The number of ether oxygens (including phenoxy) is 1. The minimum absolute atomic E-state index is 0. The van der Waals surface area contributed by atoms with Crippen LogP contribution in [0.25, 0.3) is 11.1 Å². The first kappa shape index (κ1) is 21.1. The topological polar surface area (TPSA) is 50.4 Å². The molecule has 0 radical (unpaired) electrons. The van der Waals surface area contributed by atoms with Crippen LogP contribution in [0.5, 0.6) is 5.75 Å². The summed E-state index contributed by atoms with van der Waals surface area (Å²) in [5.41, 5.74) is 0.590. The maximum Gasteiger partial charge on any atom is 0.254 e. The summed E-state index contributed by atoms with van der Waals surface area (Å²) in [4.78, 5) is 12.2. The summed E-state index contributed by atoms with van der Waals surface area (Å²) >= 11 is 0. The summed E-state index contributed by atoms with van der Waals surface area (Å²) in [6.07, 6.45) is 2.13. The van der Waals surface area contributed by atoms with Gasteiger partial charge in [0.15, 0.2) is 0 Å². The molecule has 0 aliphatic carbocycles. The number of hydrogen-bond acceptors (Lipinski definition) is 3. The summed E-state index contributed by atoms with van der Waals surface area (Å²) in [6, 6.07) is 8.50. The van der Waals surface area contributed by atoms with Crippen LogP contribution in [0.3, 0.4) is 0 Å². The van der Waals surface area contributed by atoms with Gasteiger partial charge in [-0.2, -0.15) is 0 Å². The Balaban J connectivity index is 0.00000261. The summed E-state index contributed by atoms with van der Waals surface area (Å²) in [6.45, 7) is 2.38. The summed E-state index contributed by atoms with van der Waals surface area (Å²) < 4.78 is 33.5. The minimum Gasteiger partial charge on any atom is -0.497 e. The lowest BCUT2D eigenvalue weighted by atomic mass is 9.99. The molecular formula is C20H23ClF2N2O2. The van der Waals surface area contributed by atoms with Gasteiger partial charge < -0.3 is 15.4 Å². The molecule has 1 aliphatic rings. The predicted molar refractivity (Wildman–Crippen MR) is 104 cm³/mol. The van der Waals surface area contributed by atoms with Gasteiger partial charge in [-0.25, -0.2) is 8.78 Å². The Labute approximate surface area is 163 Å². The van der Waals surface area contributed by atoms with Gasteiger partial charge >= 0.3 is 0 Å². The molecule has 4 nitrogen and oxygen atoms in total. The molecule has 146 valence electrons. The highest BCUT2D eigenvalue weighted by Crippen LogP contribution is 2.27. The highest BCUT2D eigenvalue weighted by atomic mass is 35.5. The Bertz CT molecular complexity index is 796. The van der Waals surface area contributed by atoms with E-state index in [0.29, 0.717) is 23.8 Å². The highest BCUT2D eigenvalue weighted by Gasteiger charge is 2.17. The molecule has 0 bridgehead atoms. The highest BCUT2D eigenvalue weighted by molar-refractivity contribution is 5.95. The Morgan fingerprint density at radius 1 is 1.22 bits per heavy atom. The lowest BCUT2D eigenvalue weighted by Crippen LogP contribution is -2.38. The second-order valence-corrected chi connectivity index (χ2v) is 6.46. The number of benzene rings is 2. The molecule has 1 fully saturated rings. The van der Waals surface area contributed by atoms with Crippen molar-refractivity contribution in [3.05, 3.63) is 53.6 Å². The van der Waals surface area contributed by atoms with Gasteiger partial charge in [-0.15, -0.1) is 12.4 Å². The zero-order valence-electron chi connectivity index (χ0n) is 15.1. The zero-order valence-corrected chi connectivity index (χ0v) is 15.9. The normalized spacial score (nSPS) is 16.3. The van der Waals surface area contributed by atoms with Crippen LogP contribution in [0.1, 0.15) is 23.2 Å². The number of hydrogen-bond donors (Lipinski definition) is 2. The van der Waals surface area contributed by atoms with Gasteiger partial charge in [-0.3, -0.25) is 4.79 Å². The summed E-state index contributed by atoms with van der Waals surface area (Å²) in [5.74, 6) is -0.874. The second kappa shape index (κ2) is 9.67. The van der Waals surface area contributed by atoms with E-state index in [4.69, 9.17) is 4.74 Å². The van der Waals surface area contributed by atoms with Crippen molar-refractivity contribution in [1.82, 2.24) is 10.6 Å². The molecule has 1 unspecified atom stereocenters. The van der Waals surface area contributed by atoms with Crippen molar-refractivity contribution in [3.63, 3.8) is 0 Å². The molecule has 1 aliphatic heterocycles. The van der Waals surface area contributed by atoms with E-state index in [1.54, 1.807) is 12.1 Å². The number of halogens is 3. The fraction of sp³-hybridized carbons (Fsp3) is 0.350. The van der Waals surface area contributed by atoms with Crippen molar-refractivity contribution in [2.24, 2.45) is 5.92 Å². The van der Waals surface area contributed by atoms with Crippen LogP contribution in [0.4, 0.5) is 8.78 Å². The third-order valence-electron chi connectivity index (χ3n) is 4.65. The largest absolute Gasteiger partial charge is 0.497 e. The molecule has 3 rings (SSSR count). The first-order valence-corrected chi connectivity index (χ1v) is 8.71. The Morgan fingerprint density at radius 2 is 2.04 bits per heavy atom. The Hall–Kier alpha value is -2.18. The van der Waals surface area contributed by atoms with E-state index in [2.05, 4.69) is 10.6 Å². The molecule has 1 amide bonds. The Morgan fingerprint density at radius 3 is 2.67 bits per heavy atom. The van der Waals surface area contributed by atoms with Gasteiger partial charge in [-0.05, 0) is 61.7 Å². The van der Waals surface area contributed by atoms with E-state index in [1.807, 2.05) is 0 Å². The van der Waals surface area contributed by atoms with Gasteiger partial charge in [0.1, 0.15) is 17.4 Å². The number of nitrogens with one attached hydrogen (secondary N) is 2. The minimum atomic E-state index is -0.669. The van der Waals surface area contributed by atoms with E-state index in [0.717, 1.165) is 25.9 Å². The van der Waals surface area contributed by atoms with Crippen LogP contribution in [0.15, 0.2) is 36.4 Å². The number of rotatable bonds is 5. The monoisotopic (exact) mass is 396 g/mol. The number of methoxy groups -OCH3 is 1. The van der Waals surface area contributed by atoms with Gasteiger partial charge in [0.2, 0.25) is 0 Å². The van der Waals surface area contributed by atoms with Gasteiger partial charge in [0.25, 0.3) is 5.91 Å². The van der Waals surface area contributed by atoms with E-state index >= 15 is 0 Å². The van der Waals surface area contributed by atoms with Gasteiger partial charge in [-0.1, -0.05) is 6.07 Å². The maximum absolute atomic E-state index is 14.4. The molecule has 2 aromatic carbocycles. The third-order valence-corrected chi connectivity index (χ3v) is 4.65. The third kappa shape index (κ3) is 5.17. The molecule has 0 spiro atoms. The number of carbonyl (C=O) groups excluding carboxylic acids is 1. The first-order valence-electron chi connectivity index (χ1n) is 8.71. The molecule has 2 aromatic rings. The van der Waals surface area contributed by atoms with Crippen LogP contribution in [-0.4, -0.2) is 32.7 Å². The second-order valence-electron chi connectivity index (χ2n) is 6.46. The maximum atomic E-state index is 14.4. The average molecular weight is 397 g/mol. The summed E-state index contributed by atoms with van der Waals surface area (Å²) in [7, 11) is 1.45. The lowest BCUT2D eigenvalue weighted by molar-refractivity contribution is 0.0941. The van der Waals surface area contributed by atoms with E-state index in [9.17, 15) is 13.6 Å². The van der Waals surface area contributed by atoms with Crippen LogP contribution < -0.4 is 15.4 Å². The van der Waals surface area contributed by atoms with Crippen molar-refractivity contribution in [2.75, 3.05) is 26.7 Å². The molecule has 27 heavy (non-hydrogen) atoms. The fourth-order valence-corrected chi connectivity index (χ4v) is 3.15. The van der Waals surface area contributed by atoms with Crippen LogP contribution in [0.2, 0.25) is 0 Å². The van der Waals surface area contributed by atoms with Crippen molar-refractivity contribution in [1.29, 1.82) is 0 Å². The molecule has 1 heterocycles. The van der Waals surface area contributed by atoms with Crippen molar-refractivity contribution < 1.29 is 18.3 Å². The molecule has 1 saturated heterocycles. The Kier molecular flexibility index (Phi) is 7.56. The smallest absolute Gasteiger partial charge is 0.254 e. The summed E-state index contributed by atoms with van der Waals surface area (Å²) in [5, 5.41) is 6.06. The van der Waals surface area contributed by atoms with E-state index < -0.39 is 17.5 Å². The van der Waals surface area contributed by atoms with Crippen LogP contribution >= 0.6 is 12.4 Å². The van der Waals surface area contributed by atoms with Crippen LogP contribution in [0, 0.1) is 17.6 Å². The van der Waals surface area contributed by atoms with E-state index in [1.165, 1.54) is 31.4 Å². The molecule has 7 heteroatoms. The lowest BCUT2D eigenvalue weighted by Gasteiger charge is -2.22. The quantitative estimate of drug-likeness (QED) is 0.808. The molecular weight excluding hydrogens is 374 g/mol. The van der Waals surface area contributed by atoms with Gasteiger partial charge in [0, 0.05) is 18.2 Å². The predicted octanol–water partition coefficient (Wildman–Crippen LogP) is 3.79. The molecule has 1 atom stereocenters.